The number of hydrogen-bond donors (Lipinski definition) is 3. The lowest BCUT2D eigenvalue weighted by Crippen LogP contribution is -2.21. The largest absolute Gasteiger partial charge is 0.508 e. The summed E-state index contributed by atoms with van der Waals surface area (Å²) in [6, 6.07) is 5.51. The van der Waals surface area contributed by atoms with Gasteiger partial charge in [0.15, 0.2) is 0 Å². The monoisotopic (exact) mass is 220 g/mol. The molecule has 4 nitrogen and oxygen atoms in total. The number of H-pyrrole nitrogens is 1. The molecule has 1 heterocycles. The van der Waals surface area contributed by atoms with E-state index in [1.54, 1.807) is 6.07 Å². The molecule has 4 heteroatoms. The van der Waals surface area contributed by atoms with E-state index in [0.717, 1.165) is 16.5 Å². The molecule has 0 spiro atoms. The van der Waals surface area contributed by atoms with E-state index in [4.69, 9.17) is 5.11 Å². The molecule has 1 aromatic carbocycles. The lowest BCUT2D eigenvalue weighted by Gasteiger charge is -2.16. The normalized spacial score (nSPS) is 11.4. The number of rotatable bonds is 4. The van der Waals surface area contributed by atoms with Crippen molar-refractivity contribution >= 4 is 10.9 Å². The van der Waals surface area contributed by atoms with Crippen LogP contribution in [0.5, 0.6) is 5.75 Å². The number of likely N-dealkylation sites (N-methyl/N-ethyl adjacent to an activating group) is 1. The summed E-state index contributed by atoms with van der Waals surface area (Å²) in [5.74, 6) is 0.303. The third-order valence-electron chi connectivity index (χ3n) is 2.73. The highest BCUT2D eigenvalue weighted by atomic mass is 16.3. The highest BCUT2D eigenvalue weighted by Gasteiger charge is 2.09. The van der Waals surface area contributed by atoms with Crippen LogP contribution in [0.2, 0.25) is 0 Å². The molecule has 86 valence electrons. The Bertz CT molecular complexity index is 479. The molecule has 0 atom stereocenters. The maximum Gasteiger partial charge on any atom is 0.120 e. The van der Waals surface area contributed by atoms with Gasteiger partial charge in [-0.2, -0.15) is 0 Å². The van der Waals surface area contributed by atoms with Crippen LogP contribution in [0.25, 0.3) is 10.9 Å². The molecule has 0 fully saturated rings. The number of phenols is 1. The summed E-state index contributed by atoms with van der Waals surface area (Å²) in [6.45, 7) is 1.35. The van der Waals surface area contributed by atoms with Crippen molar-refractivity contribution in [3.8, 4) is 5.75 Å². The molecule has 2 aromatic rings. The van der Waals surface area contributed by atoms with E-state index in [0.29, 0.717) is 18.8 Å². The number of aromatic amines is 1. The lowest BCUT2D eigenvalue weighted by atomic mass is 10.1. The Balaban J connectivity index is 2.34. The Morgan fingerprint density at radius 3 is 2.88 bits per heavy atom. The predicted octanol–water partition coefficient (Wildman–Crippen LogP) is 1.30. The van der Waals surface area contributed by atoms with E-state index >= 15 is 0 Å². The fraction of sp³-hybridized carbons (Fsp3) is 0.333. The van der Waals surface area contributed by atoms with Crippen molar-refractivity contribution in [1.29, 1.82) is 0 Å². The first kappa shape index (κ1) is 11.0. The summed E-state index contributed by atoms with van der Waals surface area (Å²) in [4.78, 5) is 5.09. The highest BCUT2D eigenvalue weighted by molar-refractivity contribution is 5.85. The fourth-order valence-corrected chi connectivity index (χ4v) is 1.87. The van der Waals surface area contributed by atoms with Crippen LogP contribution in [0.15, 0.2) is 24.4 Å². The second-order valence-corrected chi connectivity index (χ2v) is 3.96. The zero-order valence-corrected chi connectivity index (χ0v) is 9.27. The van der Waals surface area contributed by atoms with Gasteiger partial charge in [0.05, 0.1) is 6.61 Å². The molecule has 0 aliphatic rings. The van der Waals surface area contributed by atoms with E-state index in [2.05, 4.69) is 4.98 Å². The minimum absolute atomic E-state index is 0.125. The van der Waals surface area contributed by atoms with Crippen molar-refractivity contribution in [3.63, 3.8) is 0 Å². The van der Waals surface area contributed by atoms with Gasteiger partial charge < -0.3 is 15.2 Å². The maximum atomic E-state index is 9.84. The topological polar surface area (TPSA) is 59.5 Å². The van der Waals surface area contributed by atoms with Gasteiger partial charge in [0.1, 0.15) is 5.75 Å². The van der Waals surface area contributed by atoms with E-state index < -0.39 is 0 Å². The van der Waals surface area contributed by atoms with Gasteiger partial charge in [-0.1, -0.05) is 0 Å². The zero-order valence-electron chi connectivity index (χ0n) is 9.27. The van der Waals surface area contributed by atoms with Crippen molar-refractivity contribution in [3.05, 3.63) is 30.0 Å². The van der Waals surface area contributed by atoms with E-state index in [1.165, 1.54) is 0 Å². The van der Waals surface area contributed by atoms with E-state index in [-0.39, 0.29) is 6.61 Å². The van der Waals surface area contributed by atoms with E-state index in [1.807, 2.05) is 30.3 Å². The lowest BCUT2D eigenvalue weighted by molar-refractivity contribution is 0.216. The molecule has 0 bridgehead atoms. The van der Waals surface area contributed by atoms with Gasteiger partial charge in [-0.15, -0.1) is 0 Å². The summed E-state index contributed by atoms with van der Waals surface area (Å²) in [5.41, 5.74) is 1.92. The second-order valence-electron chi connectivity index (χ2n) is 3.96. The molecule has 0 unspecified atom stereocenters. The molecule has 0 radical (unpaired) electrons. The van der Waals surface area contributed by atoms with Crippen LogP contribution < -0.4 is 0 Å². The Hall–Kier alpha value is -1.52. The molecular weight excluding hydrogens is 204 g/mol. The number of aliphatic hydroxyl groups excluding tert-OH is 1. The molecule has 0 aliphatic carbocycles. The average Bonchev–Trinajstić information content (AvgIpc) is 2.71. The Kier molecular flexibility index (Phi) is 3.12. The summed E-state index contributed by atoms with van der Waals surface area (Å²) in [7, 11) is 1.92. The zero-order chi connectivity index (χ0) is 11.5. The van der Waals surface area contributed by atoms with Crippen LogP contribution in [-0.2, 0) is 6.54 Å². The fourth-order valence-electron chi connectivity index (χ4n) is 1.87. The van der Waals surface area contributed by atoms with Crippen molar-refractivity contribution in [2.24, 2.45) is 0 Å². The number of benzene rings is 1. The van der Waals surface area contributed by atoms with Gasteiger partial charge in [0, 0.05) is 35.8 Å². The van der Waals surface area contributed by atoms with Gasteiger partial charge in [0.25, 0.3) is 0 Å². The Morgan fingerprint density at radius 2 is 2.12 bits per heavy atom. The molecule has 0 saturated carbocycles. The minimum atomic E-state index is 0.125. The third kappa shape index (κ3) is 2.03. The van der Waals surface area contributed by atoms with Crippen LogP contribution in [0.4, 0.5) is 0 Å². The summed E-state index contributed by atoms with van der Waals surface area (Å²) in [5, 5.41) is 19.7. The van der Waals surface area contributed by atoms with Gasteiger partial charge in [-0.3, -0.25) is 4.90 Å². The molecule has 3 N–H and O–H groups in total. The minimum Gasteiger partial charge on any atom is -0.508 e. The number of nitrogens with zero attached hydrogens (tertiary/aromatic N) is 1. The summed E-state index contributed by atoms with van der Waals surface area (Å²) >= 11 is 0. The third-order valence-corrected chi connectivity index (χ3v) is 2.73. The predicted molar refractivity (Wildman–Crippen MR) is 63.4 cm³/mol. The second kappa shape index (κ2) is 4.55. The molecule has 1 aromatic heterocycles. The quantitative estimate of drug-likeness (QED) is 0.728. The summed E-state index contributed by atoms with van der Waals surface area (Å²) < 4.78 is 0. The number of aromatic nitrogens is 1. The van der Waals surface area contributed by atoms with Crippen LogP contribution in [-0.4, -0.2) is 40.3 Å². The Morgan fingerprint density at radius 1 is 1.31 bits per heavy atom. The Labute approximate surface area is 94.1 Å². The molecule has 16 heavy (non-hydrogen) atoms. The van der Waals surface area contributed by atoms with Crippen molar-refractivity contribution in [2.45, 2.75) is 6.54 Å². The number of fused-ring (bicyclic) bond motifs is 1. The SMILES string of the molecule is CN(CCO)Cc1c(O)ccc2[nH]ccc12. The number of aliphatic hydroxyl groups is 1. The molecule has 2 rings (SSSR count). The number of nitrogens with one attached hydrogen (secondary N) is 1. The van der Waals surface area contributed by atoms with Crippen molar-refractivity contribution < 1.29 is 10.2 Å². The standard InChI is InChI=1S/C12H16N2O2/c1-14(6-7-15)8-10-9-4-5-13-11(9)2-3-12(10)16/h2-5,13,15-16H,6-8H2,1H3. The number of hydrogen-bond acceptors (Lipinski definition) is 3. The first-order valence-electron chi connectivity index (χ1n) is 5.29. The summed E-state index contributed by atoms with van der Waals surface area (Å²) in [6.07, 6.45) is 1.86. The molecular formula is C12H16N2O2. The molecule has 0 aliphatic heterocycles. The number of phenolic OH excluding ortho intramolecular Hbond substituents is 1. The van der Waals surface area contributed by atoms with Crippen LogP contribution in [0, 0.1) is 0 Å². The highest BCUT2D eigenvalue weighted by Crippen LogP contribution is 2.27. The van der Waals surface area contributed by atoms with Crippen molar-refractivity contribution in [1.82, 2.24) is 9.88 Å². The van der Waals surface area contributed by atoms with Crippen LogP contribution in [0.1, 0.15) is 5.56 Å². The average molecular weight is 220 g/mol. The van der Waals surface area contributed by atoms with Gasteiger partial charge in [-0.05, 0) is 25.2 Å². The van der Waals surface area contributed by atoms with E-state index in [9.17, 15) is 5.11 Å². The van der Waals surface area contributed by atoms with Crippen LogP contribution >= 0.6 is 0 Å². The van der Waals surface area contributed by atoms with Gasteiger partial charge >= 0.3 is 0 Å². The van der Waals surface area contributed by atoms with Crippen LogP contribution in [0.3, 0.4) is 0 Å². The first-order chi connectivity index (χ1) is 7.72. The molecule has 0 amide bonds. The molecule has 0 saturated heterocycles. The maximum absolute atomic E-state index is 9.84. The van der Waals surface area contributed by atoms with Gasteiger partial charge in [-0.25, -0.2) is 0 Å². The number of aromatic hydroxyl groups is 1. The van der Waals surface area contributed by atoms with Gasteiger partial charge in [0.2, 0.25) is 0 Å². The van der Waals surface area contributed by atoms with Crippen molar-refractivity contribution in [2.75, 3.05) is 20.2 Å². The smallest absolute Gasteiger partial charge is 0.120 e. The first-order valence-corrected chi connectivity index (χ1v) is 5.29.